The Hall–Kier alpha value is -2.53. The zero-order valence-corrected chi connectivity index (χ0v) is 14.8. The quantitative estimate of drug-likeness (QED) is 0.747. The van der Waals surface area contributed by atoms with Crippen LogP contribution in [0.15, 0.2) is 53.9 Å². The van der Waals surface area contributed by atoms with Gasteiger partial charge >= 0.3 is 0 Å². The van der Waals surface area contributed by atoms with Crippen molar-refractivity contribution in [3.8, 4) is 17.0 Å². The Balaban J connectivity index is 1.50. The molecule has 0 unspecified atom stereocenters. The van der Waals surface area contributed by atoms with Crippen molar-refractivity contribution in [1.82, 2.24) is 4.98 Å². The van der Waals surface area contributed by atoms with E-state index in [1.54, 1.807) is 0 Å². The highest BCUT2D eigenvalue weighted by Gasteiger charge is 2.19. The molecule has 2 aromatic carbocycles. The van der Waals surface area contributed by atoms with Gasteiger partial charge in [-0.2, -0.15) is 0 Å². The van der Waals surface area contributed by atoms with Crippen LogP contribution < -0.4 is 15.4 Å². The third-order valence-electron chi connectivity index (χ3n) is 4.47. The van der Waals surface area contributed by atoms with E-state index >= 15 is 0 Å². The Morgan fingerprint density at radius 1 is 1.16 bits per heavy atom. The van der Waals surface area contributed by atoms with Gasteiger partial charge in [0, 0.05) is 17.5 Å². The van der Waals surface area contributed by atoms with Crippen LogP contribution >= 0.6 is 11.3 Å². The maximum atomic E-state index is 5.83. The summed E-state index contributed by atoms with van der Waals surface area (Å²) in [7, 11) is 0. The molecule has 0 bridgehead atoms. The Labute approximate surface area is 151 Å². The third kappa shape index (κ3) is 3.61. The lowest BCUT2D eigenvalue weighted by Crippen LogP contribution is -2.33. The van der Waals surface area contributed by atoms with Gasteiger partial charge in [0.1, 0.15) is 12.4 Å². The fourth-order valence-corrected chi connectivity index (χ4v) is 3.78. The van der Waals surface area contributed by atoms with Crippen molar-refractivity contribution in [2.45, 2.75) is 12.8 Å². The molecule has 0 aliphatic carbocycles. The van der Waals surface area contributed by atoms with Gasteiger partial charge in [0.15, 0.2) is 5.13 Å². The summed E-state index contributed by atoms with van der Waals surface area (Å²) in [5.41, 5.74) is 10.3. The molecule has 3 aromatic rings. The number of hydrogen-bond donors (Lipinski definition) is 1. The topological polar surface area (TPSA) is 51.4 Å². The molecule has 5 heteroatoms. The zero-order chi connectivity index (χ0) is 17.1. The largest absolute Gasteiger partial charge is 0.490 e. The highest BCUT2D eigenvalue weighted by molar-refractivity contribution is 7.13. The molecule has 0 saturated heterocycles. The standard InChI is InChI=1S/C20H21N3OS/c21-20-22-17(14-25-20)16-8-9-19-18(13-16)23(11-12-24-19)10-4-7-15-5-2-1-3-6-15/h1-3,5-6,8-9,13-14H,4,7,10-12H2,(H2,21,22). The fraction of sp³-hybridized carbons (Fsp3) is 0.250. The molecule has 0 fully saturated rings. The van der Waals surface area contributed by atoms with Gasteiger partial charge < -0.3 is 15.4 Å². The van der Waals surface area contributed by atoms with Crippen LogP contribution in [0.3, 0.4) is 0 Å². The molecular weight excluding hydrogens is 330 g/mol. The van der Waals surface area contributed by atoms with Crippen LogP contribution in [-0.2, 0) is 6.42 Å². The highest BCUT2D eigenvalue weighted by atomic mass is 32.1. The second kappa shape index (κ2) is 7.15. The van der Waals surface area contributed by atoms with Crippen molar-refractivity contribution >= 4 is 22.2 Å². The summed E-state index contributed by atoms with van der Waals surface area (Å²) >= 11 is 1.47. The lowest BCUT2D eigenvalue weighted by atomic mass is 10.1. The van der Waals surface area contributed by atoms with Crippen molar-refractivity contribution in [2.24, 2.45) is 0 Å². The lowest BCUT2D eigenvalue weighted by Gasteiger charge is -2.31. The van der Waals surface area contributed by atoms with Crippen LogP contribution in [0.4, 0.5) is 10.8 Å². The number of rotatable bonds is 5. The molecule has 0 saturated carbocycles. The molecule has 1 aromatic heterocycles. The number of benzene rings is 2. The molecule has 4 rings (SSSR count). The normalized spacial score (nSPS) is 13.4. The molecule has 25 heavy (non-hydrogen) atoms. The first kappa shape index (κ1) is 16.0. The number of nitrogen functional groups attached to an aromatic ring is 1. The molecule has 128 valence electrons. The second-order valence-electron chi connectivity index (χ2n) is 6.18. The Bertz CT molecular complexity index is 847. The van der Waals surface area contributed by atoms with Crippen molar-refractivity contribution in [2.75, 3.05) is 30.3 Å². The van der Waals surface area contributed by atoms with Crippen LogP contribution in [0.5, 0.6) is 5.75 Å². The summed E-state index contributed by atoms with van der Waals surface area (Å²) in [4.78, 5) is 6.81. The van der Waals surface area contributed by atoms with Gasteiger partial charge in [0.25, 0.3) is 0 Å². The van der Waals surface area contributed by atoms with Crippen LogP contribution in [0.1, 0.15) is 12.0 Å². The summed E-state index contributed by atoms with van der Waals surface area (Å²) in [6.45, 7) is 2.68. The average molecular weight is 351 g/mol. The fourth-order valence-electron chi connectivity index (χ4n) is 3.20. The van der Waals surface area contributed by atoms with E-state index in [-0.39, 0.29) is 0 Å². The average Bonchev–Trinajstić information content (AvgIpc) is 3.09. The second-order valence-corrected chi connectivity index (χ2v) is 7.07. The first-order chi connectivity index (χ1) is 12.3. The lowest BCUT2D eigenvalue weighted by molar-refractivity contribution is 0.307. The highest BCUT2D eigenvalue weighted by Crippen LogP contribution is 2.36. The zero-order valence-electron chi connectivity index (χ0n) is 14.0. The van der Waals surface area contributed by atoms with E-state index < -0.39 is 0 Å². The number of nitrogens with zero attached hydrogens (tertiary/aromatic N) is 2. The van der Waals surface area contributed by atoms with Crippen LogP contribution in [0.2, 0.25) is 0 Å². The maximum absolute atomic E-state index is 5.83. The van der Waals surface area contributed by atoms with Gasteiger partial charge in [0.2, 0.25) is 0 Å². The van der Waals surface area contributed by atoms with Gasteiger partial charge in [-0.15, -0.1) is 11.3 Å². The predicted octanol–water partition coefficient (Wildman–Crippen LogP) is 4.22. The minimum atomic E-state index is 0.601. The number of aryl methyl sites for hydroxylation is 1. The van der Waals surface area contributed by atoms with Gasteiger partial charge in [-0.1, -0.05) is 30.3 Å². The summed E-state index contributed by atoms with van der Waals surface area (Å²) in [5.74, 6) is 0.956. The number of nitrogens with two attached hydrogens (primary N) is 1. The summed E-state index contributed by atoms with van der Waals surface area (Å²) in [6.07, 6.45) is 2.22. The number of hydrogen-bond acceptors (Lipinski definition) is 5. The van der Waals surface area contributed by atoms with E-state index in [4.69, 9.17) is 10.5 Å². The van der Waals surface area contributed by atoms with E-state index in [0.29, 0.717) is 5.13 Å². The number of anilines is 2. The maximum Gasteiger partial charge on any atom is 0.180 e. The van der Waals surface area contributed by atoms with Crippen LogP contribution in [-0.4, -0.2) is 24.7 Å². The smallest absolute Gasteiger partial charge is 0.180 e. The van der Waals surface area contributed by atoms with Gasteiger partial charge in [-0.25, -0.2) is 4.98 Å². The molecule has 4 nitrogen and oxygen atoms in total. The van der Waals surface area contributed by atoms with E-state index in [2.05, 4.69) is 52.3 Å². The third-order valence-corrected chi connectivity index (χ3v) is 5.15. The van der Waals surface area contributed by atoms with E-state index in [1.165, 1.54) is 16.9 Å². The molecule has 2 heterocycles. The van der Waals surface area contributed by atoms with E-state index in [0.717, 1.165) is 55.2 Å². The molecule has 0 spiro atoms. The molecule has 0 radical (unpaired) electrons. The molecule has 1 aliphatic heterocycles. The summed E-state index contributed by atoms with van der Waals surface area (Å²) in [6, 6.07) is 16.9. The van der Waals surface area contributed by atoms with Crippen LogP contribution in [0.25, 0.3) is 11.3 Å². The SMILES string of the molecule is Nc1nc(-c2ccc3c(c2)N(CCCc2ccccc2)CCO3)cs1. The van der Waals surface area contributed by atoms with Crippen molar-refractivity contribution in [3.63, 3.8) is 0 Å². The van der Waals surface area contributed by atoms with Crippen molar-refractivity contribution in [3.05, 3.63) is 59.5 Å². The monoisotopic (exact) mass is 351 g/mol. The number of ether oxygens (including phenoxy) is 1. The first-order valence-electron chi connectivity index (χ1n) is 8.57. The molecule has 0 atom stereocenters. The Morgan fingerprint density at radius 3 is 2.84 bits per heavy atom. The van der Waals surface area contributed by atoms with Gasteiger partial charge in [0.05, 0.1) is 17.9 Å². The first-order valence-corrected chi connectivity index (χ1v) is 9.45. The minimum absolute atomic E-state index is 0.601. The summed E-state index contributed by atoms with van der Waals surface area (Å²) in [5, 5.41) is 2.60. The molecular formula is C20H21N3OS. The molecule has 2 N–H and O–H groups in total. The predicted molar refractivity (Wildman–Crippen MR) is 104 cm³/mol. The van der Waals surface area contributed by atoms with Crippen LogP contribution in [0, 0.1) is 0 Å². The number of thiazole rings is 1. The van der Waals surface area contributed by atoms with E-state index in [9.17, 15) is 0 Å². The van der Waals surface area contributed by atoms with Gasteiger partial charge in [-0.05, 0) is 36.6 Å². The van der Waals surface area contributed by atoms with E-state index in [1.807, 2.05) is 11.4 Å². The van der Waals surface area contributed by atoms with Crippen molar-refractivity contribution in [1.29, 1.82) is 0 Å². The molecule has 1 aliphatic rings. The Morgan fingerprint density at radius 2 is 2.04 bits per heavy atom. The minimum Gasteiger partial charge on any atom is -0.490 e. The summed E-state index contributed by atoms with van der Waals surface area (Å²) < 4.78 is 5.83. The number of aromatic nitrogens is 1. The molecule has 0 amide bonds. The number of fused-ring (bicyclic) bond motifs is 1. The van der Waals surface area contributed by atoms with Crippen molar-refractivity contribution < 1.29 is 4.74 Å². The Kier molecular flexibility index (Phi) is 4.57. The van der Waals surface area contributed by atoms with Gasteiger partial charge in [-0.3, -0.25) is 0 Å².